The number of carbonyl (C=O) groups excluding carboxylic acids is 1. The van der Waals surface area contributed by atoms with Gasteiger partial charge >= 0.3 is 0 Å². The van der Waals surface area contributed by atoms with Crippen molar-refractivity contribution < 1.29 is 4.79 Å². The Morgan fingerprint density at radius 3 is 2.88 bits per heavy atom. The van der Waals surface area contributed by atoms with Gasteiger partial charge in [-0.2, -0.15) is 0 Å². The number of rotatable bonds is 5. The SMILES string of the molecule is CNc1nnc(C(=O)NCC(C)C2CC2)s1. The average Bonchev–Trinajstić information content (AvgIpc) is 3.03. The van der Waals surface area contributed by atoms with E-state index in [0.717, 1.165) is 12.5 Å². The van der Waals surface area contributed by atoms with Gasteiger partial charge in [0.05, 0.1) is 0 Å². The van der Waals surface area contributed by atoms with Crippen LogP contribution in [-0.4, -0.2) is 29.7 Å². The highest BCUT2D eigenvalue weighted by Gasteiger charge is 2.28. The van der Waals surface area contributed by atoms with Crippen LogP contribution in [-0.2, 0) is 0 Å². The van der Waals surface area contributed by atoms with Crippen LogP contribution in [0.1, 0.15) is 29.6 Å². The zero-order chi connectivity index (χ0) is 11.5. The summed E-state index contributed by atoms with van der Waals surface area (Å²) in [4.78, 5) is 11.7. The molecule has 16 heavy (non-hydrogen) atoms. The lowest BCUT2D eigenvalue weighted by atomic mass is 10.1. The molecule has 5 nitrogen and oxygen atoms in total. The molecule has 1 aromatic heterocycles. The molecule has 0 spiro atoms. The maximum atomic E-state index is 11.7. The quantitative estimate of drug-likeness (QED) is 0.815. The van der Waals surface area contributed by atoms with E-state index in [9.17, 15) is 4.79 Å². The Bertz CT molecular complexity index is 375. The summed E-state index contributed by atoms with van der Waals surface area (Å²) in [5.41, 5.74) is 0. The number of aromatic nitrogens is 2. The van der Waals surface area contributed by atoms with Gasteiger partial charge in [0.2, 0.25) is 10.1 Å². The first kappa shape index (κ1) is 11.3. The third kappa shape index (κ3) is 2.69. The molecule has 1 atom stereocenters. The zero-order valence-electron chi connectivity index (χ0n) is 9.49. The first-order valence-electron chi connectivity index (χ1n) is 5.50. The molecular formula is C10H16N4OS. The van der Waals surface area contributed by atoms with E-state index in [2.05, 4.69) is 27.8 Å². The van der Waals surface area contributed by atoms with E-state index in [0.29, 0.717) is 16.1 Å². The van der Waals surface area contributed by atoms with Crippen molar-refractivity contribution in [3.05, 3.63) is 5.01 Å². The van der Waals surface area contributed by atoms with Crippen molar-refractivity contribution >= 4 is 22.4 Å². The van der Waals surface area contributed by atoms with Crippen LogP contribution in [0.25, 0.3) is 0 Å². The Morgan fingerprint density at radius 1 is 1.56 bits per heavy atom. The molecule has 1 aliphatic carbocycles. The normalized spacial score (nSPS) is 16.9. The third-order valence-corrected chi connectivity index (χ3v) is 3.78. The van der Waals surface area contributed by atoms with Crippen molar-refractivity contribution in [1.82, 2.24) is 15.5 Å². The van der Waals surface area contributed by atoms with Crippen LogP contribution in [0.2, 0.25) is 0 Å². The molecule has 6 heteroatoms. The molecule has 0 aliphatic heterocycles. The number of hydrogen-bond donors (Lipinski definition) is 2. The van der Waals surface area contributed by atoms with Gasteiger partial charge in [-0.3, -0.25) is 4.79 Å². The molecule has 2 rings (SSSR count). The van der Waals surface area contributed by atoms with E-state index in [1.54, 1.807) is 7.05 Å². The van der Waals surface area contributed by atoms with E-state index in [1.807, 2.05) is 0 Å². The molecule has 0 saturated heterocycles. The van der Waals surface area contributed by atoms with Gasteiger partial charge in [0.15, 0.2) is 0 Å². The molecule has 1 unspecified atom stereocenters. The Morgan fingerprint density at radius 2 is 2.31 bits per heavy atom. The number of nitrogens with zero attached hydrogens (tertiary/aromatic N) is 2. The van der Waals surface area contributed by atoms with Crippen LogP contribution in [0.3, 0.4) is 0 Å². The molecule has 1 saturated carbocycles. The summed E-state index contributed by atoms with van der Waals surface area (Å²) < 4.78 is 0. The summed E-state index contributed by atoms with van der Waals surface area (Å²) in [6.07, 6.45) is 2.61. The molecule has 0 radical (unpaired) electrons. The van der Waals surface area contributed by atoms with E-state index >= 15 is 0 Å². The molecule has 88 valence electrons. The Hall–Kier alpha value is -1.17. The van der Waals surface area contributed by atoms with Crippen molar-refractivity contribution in [1.29, 1.82) is 0 Å². The van der Waals surface area contributed by atoms with Gasteiger partial charge in [-0.25, -0.2) is 0 Å². The summed E-state index contributed by atoms with van der Waals surface area (Å²) in [6, 6.07) is 0. The van der Waals surface area contributed by atoms with E-state index in [1.165, 1.54) is 24.2 Å². The molecule has 2 N–H and O–H groups in total. The van der Waals surface area contributed by atoms with Gasteiger partial charge in [0.1, 0.15) is 0 Å². The van der Waals surface area contributed by atoms with Crippen molar-refractivity contribution in [2.45, 2.75) is 19.8 Å². The van der Waals surface area contributed by atoms with Gasteiger partial charge in [-0.05, 0) is 24.7 Å². The predicted molar refractivity (Wildman–Crippen MR) is 63.7 cm³/mol. The minimum absolute atomic E-state index is 0.119. The average molecular weight is 240 g/mol. The molecular weight excluding hydrogens is 224 g/mol. The van der Waals surface area contributed by atoms with Crippen molar-refractivity contribution in [2.75, 3.05) is 18.9 Å². The summed E-state index contributed by atoms with van der Waals surface area (Å²) >= 11 is 1.27. The van der Waals surface area contributed by atoms with Crippen LogP contribution in [0.15, 0.2) is 0 Å². The zero-order valence-corrected chi connectivity index (χ0v) is 10.3. The van der Waals surface area contributed by atoms with Gasteiger partial charge in [0, 0.05) is 13.6 Å². The second kappa shape index (κ2) is 4.78. The van der Waals surface area contributed by atoms with Crippen molar-refractivity contribution in [2.24, 2.45) is 11.8 Å². The molecule has 1 amide bonds. The second-order valence-electron chi connectivity index (χ2n) is 4.19. The maximum absolute atomic E-state index is 11.7. The fraction of sp³-hybridized carbons (Fsp3) is 0.700. The lowest BCUT2D eigenvalue weighted by molar-refractivity contribution is 0.0945. The largest absolute Gasteiger partial charge is 0.363 e. The topological polar surface area (TPSA) is 66.9 Å². The van der Waals surface area contributed by atoms with E-state index in [-0.39, 0.29) is 5.91 Å². The van der Waals surface area contributed by atoms with E-state index < -0.39 is 0 Å². The summed E-state index contributed by atoms with van der Waals surface area (Å²) in [6.45, 7) is 2.91. The highest BCUT2D eigenvalue weighted by molar-refractivity contribution is 7.17. The van der Waals surface area contributed by atoms with Gasteiger partial charge < -0.3 is 10.6 Å². The molecule has 1 heterocycles. The summed E-state index contributed by atoms with van der Waals surface area (Å²) in [5, 5.41) is 14.5. The highest BCUT2D eigenvalue weighted by atomic mass is 32.1. The second-order valence-corrected chi connectivity index (χ2v) is 5.16. The minimum atomic E-state index is -0.119. The van der Waals surface area contributed by atoms with Gasteiger partial charge in [0.25, 0.3) is 5.91 Å². The van der Waals surface area contributed by atoms with Gasteiger partial charge in [-0.15, -0.1) is 10.2 Å². The smallest absolute Gasteiger partial charge is 0.282 e. The fourth-order valence-electron chi connectivity index (χ4n) is 1.58. The predicted octanol–water partition coefficient (Wildman–Crippen LogP) is 1.36. The van der Waals surface area contributed by atoms with E-state index in [4.69, 9.17) is 0 Å². The van der Waals surface area contributed by atoms with Crippen LogP contribution in [0.5, 0.6) is 0 Å². The first-order valence-corrected chi connectivity index (χ1v) is 6.32. The molecule has 0 bridgehead atoms. The van der Waals surface area contributed by atoms with Crippen LogP contribution < -0.4 is 10.6 Å². The lowest BCUT2D eigenvalue weighted by Gasteiger charge is -2.09. The number of nitrogens with one attached hydrogen (secondary N) is 2. The number of amides is 1. The Balaban J connectivity index is 1.82. The monoisotopic (exact) mass is 240 g/mol. The summed E-state index contributed by atoms with van der Waals surface area (Å²) in [7, 11) is 1.76. The van der Waals surface area contributed by atoms with Crippen molar-refractivity contribution in [3.63, 3.8) is 0 Å². The third-order valence-electron chi connectivity index (χ3n) is 2.84. The van der Waals surface area contributed by atoms with Crippen molar-refractivity contribution in [3.8, 4) is 0 Å². The lowest BCUT2D eigenvalue weighted by Crippen LogP contribution is -2.28. The molecule has 1 aromatic rings. The standard InChI is InChI=1S/C10H16N4OS/c1-6(7-3-4-7)5-12-8(15)9-13-14-10(11-2)16-9/h6-7H,3-5H2,1-2H3,(H,11,14)(H,12,15). The Labute approximate surface area is 98.7 Å². The molecule has 1 aliphatic rings. The molecule has 0 aromatic carbocycles. The van der Waals surface area contributed by atoms with Crippen LogP contribution in [0, 0.1) is 11.8 Å². The van der Waals surface area contributed by atoms with Crippen LogP contribution in [0.4, 0.5) is 5.13 Å². The number of hydrogen-bond acceptors (Lipinski definition) is 5. The fourth-order valence-corrected chi connectivity index (χ4v) is 2.19. The highest BCUT2D eigenvalue weighted by Crippen LogP contribution is 2.36. The Kier molecular flexibility index (Phi) is 3.38. The number of carbonyl (C=O) groups is 1. The summed E-state index contributed by atoms with van der Waals surface area (Å²) in [5.74, 6) is 1.26. The molecule has 1 fully saturated rings. The minimum Gasteiger partial charge on any atom is -0.363 e. The van der Waals surface area contributed by atoms with Gasteiger partial charge in [-0.1, -0.05) is 18.3 Å². The first-order chi connectivity index (χ1) is 7.70. The number of anilines is 1. The maximum Gasteiger partial charge on any atom is 0.282 e. The van der Waals surface area contributed by atoms with Crippen LogP contribution >= 0.6 is 11.3 Å².